The monoisotopic (exact) mass is 454 g/mol. The number of fused-ring (bicyclic) bond motifs is 4. The highest BCUT2D eigenvalue weighted by molar-refractivity contribution is 7.98. The van der Waals surface area contributed by atoms with Crippen molar-refractivity contribution in [1.82, 2.24) is 14.8 Å². The van der Waals surface area contributed by atoms with Gasteiger partial charge in [0, 0.05) is 43.0 Å². The van der Waals surface area contributed by atoms with Gasteiger partial charge in [-0.3, -0.25) is 9.59 Å². The third-order valence-electron chi connectivity index (χ3n) is 6.28. The maximum atomic E-state index is 13.2. The van der Waals surface area contributed by atoms with Crippen molar-refractivity contribution in [2.75, 3.05) is 30.4 Å². The van der Waals surface area contributed by atoms with Gasteiger partial charge in [0.25, 0.3) is 5.56 Å². The Morgan fingerprint density at radius 1 is 1.16 bits per heavy atom. The third-order valence-corrected chi connectivity index (χ3v) is 6.92. The van der Waals surface area contributed by atoms with Crippen LogP contribution >= 0.6 is 11.8 Å². The van der Waals surface area contributed by atoms with Crippen LogP contribution in [0.5, 0.6) is 0 Å². The van der Waals surface area contributed by atoms with Gasteiger partial charge in [-0.25, -0.2) is 4.79 Å². The molecule has 0 spiro atoms. The second-order valence-corrected chi connectivity index (χ2v) is 9.73. The molecule has 1 saturated heterocycles. The van der Waals surface area contributed by atoms with Gasteiger partial charge in [0.2, 0.25) is 5.91 Å². The van der Waals surface area contributed by atoms with Crippen LogP contribution in [-0.2, 0) is 11.3 Å². The maximum absolute atomic E-state index is 13.2. The second-order valence-electron chi connectivity index (χ2n) is 8.75. The summed E-state index contributed by atoms with van der Waals surface area (Å²) in [4.78, 5) is 40.1. The number of hydrogen-bond acceptors (Lipinski definition) is 4. The average Bonchev–Trinajstić information content (AvgIpc) is 2.77. The van der Waals surface area contributed by atoms with Crippen molar-refractivity contribution in [2.45, 2.75) is 38.3 Å². The number of hydrogen-bond donors (Lipinski definition) is 2. The number of rotatable bonds is 6. The first-order valence-electron chi connectivity index (χ1n) is 11.1. The van der Waals surface area contributed by atoms with Crippen LogP contribution in [0, 0.1) is 12.8 Å². The summed E-state index contributed by atoms with van der Waals surface area (Å²) in [6.45, 7) is 3.76. The van der Waals surface area contributed by atoms with Gasteiger partial charge in [0.15, 0.2) is 0 Å². The van der Waals surface area contributed by atoms with E-state index in [0.29, 0.717) is 26.1 Å². The Morgan fingerprint density at radius 2 is 1.97 bits per heavy atom. The van der Waals surface area contributed by atoms with E-state index in [0.717, 1.165) is 29.1 Å². The number of amides is 3. The SMILES string of the molecule is CSCC[C@H](NC(=O)N1C[C@@H]2C[C@H](C1)c1cccc(=O)n1C2)C(=O)Nc1cccc(C)c1. The molecule has 0 unspecified atom stereocenters. The Labute approximate surface area is 192 Å². The van der Waals surface area contributed by atoms with Gasteiger partial charge in [-0.2, -0.15) is 11.8 Å². The third kappa shape index (κ3) is 5.01. The van der Waals surface area contributed by atoms with Crippen LogP contribution in [-0.4, -0.2) is 52.5 Å². The summed E-state index contributed by atoms with van der Waals surface area (Å²) in [6.07, 6.45) is 3.53. The van der Waals surface area contributed by atoms with Gasteiger partial charge < -0.3 is 20.1 Å². The normalized spacial score (nSPS) is 20.2. The molecule has 0 saturated carbocycles. The number of anilines is 1. The Balaban J connectivity index is 1.44. The number of nitrogens with zero attached hydrogens (tertiary/aromatic N) is 2. The number of nitrogens with one attached hydrogen (secondary N) is 2. The van der Waals surface area contributed by atoms with Gasteiger partial charge in [-0.05, 0) is 61.5 Å². The van der Waals surface area contributed by atoms with Crippen LogP contribution in [0.2, 0.25) is 0 Å². The number of piperidine rings is 1. The van der Waals surface area contributed by atoms with Gasteiger partial charge in [-0.1, -0.05) is 18.2 Å². The number of aryl methyl sites for hydroxylation is 1. The summed E-state index contributed by atoms with van der Waals surface area (Å²) < 4.78 is 1.85. The first-order valence-corrected chi connectivity index (χ1v) is 12.5. The highest BCUT2D eigenvalue weighted by atomic mass is 32.2. The van der Waals surface area contributed by atoms with E-state index in [1.165, 1.54) is 0 Å². The molecule has 8 heteroatoms. The van der Waals surface area contributed by atoms with Crippen molar-refractivity contribution in [3.8, 4) is 0 Å². The molecule has 1 aromatic heterocycles. The van der Waals surface area contributed by atoms with Gasteiger partial charge in [-0.15, -0.1) is 0 Å². The topological polar surface area (TPSA) is 83.4 Å². The Kier molecular flexibility index (Phi) is 6.89. The molecular weight excluding hydrogens is 424 g/mol. The standard InChI is InChI=1S/C24H30N4O3S/c1-16-5-3-6-19(11-16)25-23(30)20(9-10-32-2)26-24(31)27-13-17-12-18(15-27)21-7-4-8-22(29)28(21)14-17/h3-8,11,17-18,20H,9-10,12-15H2,1-2H3,(H,25,30)(H,26,31)/t17-,18+,20-/m0/s1. The van der Waals surface area contributed by atoms with Crippen LogP contribution < -0.4 is 16.2 Å². The van der Waals surface area contributed by atoms with Crippen LogP contribution in [0.1, 0.15) is 30.0 Å². The number of aromatic nitrogens is 1. The van der Waals surface area contributed by atoms with Crippen molar-refractivity contribution in [1.29, 1.82) is 0 Å². The zero-order valence-electron chi connectivity index (χ0n) is 18.5. The highest BCUT2D eigenvalue weighted by Gasteiger charge is 2.37. The van der Waals surface area contributed by atoms with Crippen LogP contribution in [0.25, 0.3) is 0 Å². The van der Waals surface area contributed by atoms with Crippen LogP contribution in [0.4, 0.5) is 10.5 Å². The van der Waals surface area contributed by atoms with E-state index in [1.807, 2.05) is 53.0 Å². The smallest absolute Gasteiger partial charge is 0.318 e. The molecule has 2 bridgehead atoms. The molecule has 4 rings (SSSR count). The quantitative estimate of drug-likeness (QED) is 0.703. The molecule has 32 heavy (non-hydrogen) atoms. The molecule has 1 fully saturated rings. The number of pyridine rings is 1. The van der Waals surface area contributed by atoms with Crippen LogP contribution in [0.3, 0.4) is 0 Å². The second kappa shape index (κ2) is 9.81. The molecule has 0 radical (unpaired) electrons. The van der Waals surface area contributed by atoms with Crippen molar-refractivity contribution in [3.63, 3.8) is 0 Å². The first-order chi connectivity index (χ1) is 15.4. The lowest BCUT2D eigenvalue weighted by molar-refractivity contribution is -0.118. The molecular formula is C24H30N4O3S. The lowest BCUT2D eigenvalue weighted by Crippen LogP contribution is -2.55. The summed E-state index contributed by atoms with van der Waals surface area (Å²) >= 11 is 1.65. The lowest BCUT2D eigenvalue weighted by atomic mass is 9.83. The van der Waals surface area contributed by atoms with Crippen LogP contribution in [0.15, 0.2) is 47.3 Å². The summed E-state index contributed by atoms with van der Waals surface area (Å²) in [5, 5.41) is 5.91. The maximum Gasteiger partial charge on any atom is 0.318 e. The number of carbonyl (C=O) groups is 2. The lowest BCUT2D eigenvalue weighted by Gasteiger charge is -2.43. The minimum absolute atomic E-state index is 0.0278. The van der Waals surface area contributed by atoms with Gasteiger partial charge in [0.05, 0.1) is 0 Å². The number of urea groups is 1. The number of thioether (sulfide) groups is 1. The zero-order valence-corrected chi connectivity index (χ0v) is 19.4. The number of benzene rings is 1. The van der Waals surface area contributed by atoms with E-state index in [2.05, 4.69) is 10.6 Å². The van der Waals surface area contributed by atoms with Gasteiger partial charge in [0.1, 0.15) is 6.04 Å². The van der Waals surface area contributed by atoms with E-state index in [9.17, 15) is 14.4 Å². The predicted molar refractivity (Wildman–Crippen MR) is 128 cm³/mol. The molecule has 2 N–H and O–H groups in total. The fraction of sp³-hybridized carbons (Fsp3) is 0.458. The largest absolute Gasteiger partial charge is 0.326 e. The Morgan fingerprint density at radius 3 is 2.75 bits per heavy atom. The molecule has 1 aromatic carbocycles. The number of likely N-dealkylation sites (tertiary alicyclic amines) is 1. The minimum atomic E-state index is -0.605. The molecule has 3 amide bonds. The molecule has 3 atom stereocenters. The first kappa shape index (κ1) is 22.5. The fourth-order valence-electron chi connectivity index (χ4n) is 4.76. The van der Waals surface area contributed by atoms with E-state index < -0.39 is 6.04 Å². The molecule has 3 heterocycles. The summed E-state index contributed by atoms with van der Waals surface area (Å²) in [7, 11) is 0. The van der Waals surface area contributed by atoms with Crippen molar-refractivity contribution >= 4 is 29.4 Å². The van der Waals surface area contributed by atoms with E-state index in [4.69, 9.17) is 0 Å². The minimum Gasteiger partial charge on any atom is -0.326 e. The Hall–Kier alpha value is -2.74. The fourth-order valence-corrected chi connectivity index (χ4v) is 5.23. The van der Waals surface area contributed by atoms with Crippen molar-refractivity contribution in [3.05, 3.63) is 64.1 Å². The molecule has 170 valence electrons. The number of carbonyl (C=O) groups excluding carboxylic acids is 2. The molecule has 2 aliphatic rings. The molecule has 7 nitrogen and oxygen atoms in total. The van der Waals surface area contributed by atoms with E-state index >= 15 is 0 Å². The highest BCUT2D eigenvalue weighted by Crippen LogP contribution is 2.34. The molecule has 0 aliphatic carbocycles. The van der Waals surface area contributed by atoms with Crippen molar-refractivity contribution in [2.24, 2.45) is 5.92 Å². The average molecular weight is 455 g/mol. The van der Waals surface area contributed by atoms with E-state index in [1.54, 1.807) is 23.9 Å². The van der Waals surface area contributed by atoms with E-state index in [-0.39, 0.29) is 29.3 Å². The predicted octanol–water partition coefficient (Wildman–Crippen LogP) is 3.05. The van der Waals surface area contributed by atoms with Gasteiger partial charge >= 0.3 is 6.03 Å². The summed E-state index contributed by atoms with van der Waals surface area (Å²) in [6, 6.07) is 12.2. The van der Waals surface area contributed by atoms with Crippen molar-refractivity contribution < 1.29 is 9.59 Å². The zero-order chi connectivity index (χ0) is 22.7. The summed E-state index contributed by atoms with van der Waals surface area (Å²) in [5.41, 5.74) is 2.82. The Bertz CT molecular complexity index is 1050. The molecule has 2 aliphatic heterocycles. The molecule has 2 aromatic rings. The summed E-state index contributed by atoms with van der Waals surface area (Å²) in [5.74, 6) is 0.964.